The molecular formula is C21H24N4O5S. The summed E-state index contributed by atoms with van der Waals surface area (Å²) in [5, 5.41) is 7.53. The second-order valence-electron chi connectivity index (χ2n) is 7.21. The summed E-state index contributed by atoms with van der Waals surface area (Å²) >= 11 is 1.47. The number of furan rings is 1. The van der Waals surface area contributed by atoms with Crippen LogP contribution in [0.3, 0.4) is 0 Å². The molecule has 2 N–H and O–H groups in total. The van der Waals surface area contributed by atoms with Gasteiger partial charge >= 0.3 is 12.0 Å². The van der Waals surface area contributed by atoms with E-state index in [-0.39, 0.29) is 18.5 Å². The van der Waals surface area contributed by atoms with Gasteiger partial charge in [0.15, 0.2) is 5.76 Å². The Morgan fingerprint density at radius 1 is 1.23 bits per heavy atom. The van der Waals surface area contributed by atoms with Crippen molar-refractivity contribution < 1.29 is 23.5 Å². The molecule has 0 bridgehead atoms. The number of nitrogens with zero attached hydrogens (tertiary/aromatic N) is 2. The molecule has 0 aromatic carbocycles. The predicted molar refractivity (Wildman–Crippen MR) is 113 cm³/mol. The smallest absolute Gasteiger partial charge is 0.338 e. The number of urea groups is 1. The number of piperazine rings is 1. The molecule has 2 aliphatic rings. The molecule has 3 amide bonds. The van der Waals surface area contributed by atoms with E-state index in [2.05, 4.69) is 15.5 Å². The average molecular weight is 445 g/mol. The summed E-state index contributed by atoms with van der Waals surface area (Å²) in [6.07, 6.45) is 1.48. The minimum absolute atomic E-state index is 0.135. The number of carbonyl (C=O) groups is 3. The Bertz CT molecular complexity index is 962. The monoisotopic (exact) mass is 444 g/mol. The Kier molecular flexibility index (Phi) is 6.38. The second kappa shape index (κ2) is 9.36. The molecule has 4 rings (SSSR count). The fraction of sp³-hybridized carbons (Fsp3) is 0.381. The van der Waals surface area contributed by atoms with Crippen molar-refractivity contribution in [3.05, 3.63) is 57.8 Å². The molecule has 1 fully saturated rings. The summed E-state index contributed by atoms with van der Waals surface area (Å²) < 4.78 is 10.5. The largest absolute Gasteiger partial charge is 0.463 e. The van der Waals surface area contributed by atoms with Gasteiger partial charge in [-0.2, -0.15) is 0 Å². The maximum Gasteiger partial charge on any atom is 0.338 e. The number of amides is 3. The van der Waals surface area contributed by atoms with Crippen LogP contribution in [0.4, 0.5) is 4.79 Å². The van der Waals surface area contributed by atoms with Crippen LogP contribution in [0.15, 0.2) is 51.6 Å². The molecule has 164 valence electrons. The normalized spacial score (nSPS) is 19.7. The molecule has 0 spiro atoms. The second-order valence-corrected chi connectivity index (χ2v) is 8.18. The molecule has 1 atom stereocenters. The fourth-order valence-electron chi connectivity index (χ4n) is 3.75. The summed E-state index contributed by atoms with van der Waals surface area (Å²) in [6, 6.07) is 6.21. The summed E-state index contributed by atoms with van der Waals surface area (Å²) in [7, 11) is 0. The van der Waals surface area contributed by atoms with Crippen molar-refractivity contribution in [3.63, 3.8) is 0 Å². The van der Waals surface area contributed by atoms with Crippen molar-refractivity contribution in [2.45, 2.75) is 13.0 Å². The van der Waals surface area contributed by atoms with E-state index in [0.29, 0.717) is 49.8 Å². The lowest BCUT2D eigenvalue weighted by atomic mass is 10.0. The summed E-state index contributed by atoms with van der Waals surface area (Å²) in [5.74, 6) is -0.260. The van der Waals surface area contributed by atoms with Gasteiger partial charge in [0, 0.05) is 43.3 Å². The molecule has 1 saturated heterocycles. The van der Waals surface area contributed by atoms with Crippen LogP contribution in [0.25, 0.3) is 0 Å². The van der Waals surface area contributed by atoms with Crippen molar-refractivity contribution in [2.75, 3.05) is 39.3 Å². The van der Waals surface area contributed by atoms with Crippen molar-refractivity contribution in [3.8, 4) is 0 Å². The molecule has 9 nitrogen and oxygen atoms in total. The average Bonchev–Trinajstić information content (AvgIpc) is 3.48. The van der Waals surface area contributed by atoms with Gasteiger partial charge in [0.05, 0.1) is 24.5 Å². The molecule has 2 aromatic heterocycles. The third kappa shape index (κ3) is 4.64. The van der Waals surface area contributed by atoms with Crippen LogP contribution in [0.2, 0.25) is 0 Å². The zero-order valence-corrected chi connectivity index (χ0v) is 17.9. The Hall–Kier alpha value is -3.11. The highest BCUT2D eigenvalue weighted by Crippen LogP contribution is 2.31. The molecule has 31 heavy (non-hydrogen) atoms. The lowest BCUT2D eigenvalue weighted by molar-refractivity contribution is -0.139. The van der Waals surface area contributed by atoms with E-state index >= 15 is 0 Å². The Balaban J connectivity index is 1.50. The summed E-state index contributed by atoms with van der Waals surface area (Å²) in [4.78, 5) is 42.3. The molecule has 2 aliphatic heterocycles. The van der Waals surface area contributed by atoms with Crippen molar-refractivity contribution in [2.24, 2.45) is 0 Å². The zero-order valence-electron chi connectivity index (χ0n) is 17.1. The van der Waals surface area contributed by atoms with Gasteiger partial charge in [0.1, 0.15) is 0 Å². The van der Waals surface area contributed by atoms with Gasteiger partial charge < -0.3 is 24.7 Å². The van der Waals surface area contributed by atoms with Gasteiger partial charge in [-0.3, -0.25) is 9.69 Å². The topological polar surface area (TPSA) is 104 Å². The van der Waals surface area contributed by atoms with E-state index in [1.165, 1.54) is 17.6 Å². The van der Waals surface area contributed by atoms with Gasteiger partial charge in [-0.1, -0.05) is 6.07 Å². The molecule has 2 aromatic rings. The lowest BCUT2D eigenvalue weighted by Gasteiger charge is -2.36. The van der Waals surface area contributed by atoms with Crippen molar-refractivity contribution in [1.29, 1.82) is 0 Å². The van der Waals surface area contributed by atoms with Gasteiger partial charge in [0.2, 0.25) is 0 Å². The highest BCUT2D eigenvalue weighted by molar-refractivity contribution is 7.10. The molecule has 10 heteroatoms. The minimum atomic E-state index is -0.551. The van der Waals surface area contributed by atoms with Crippen LogP contribution in [0.1, 0.15) is 28.4 Å². The third-order valence-corrected chi connectivity index (χ3v) is 6.19. The van der Waals surface area contributed by atoms with E-state index in [9.17, 15) is 14.4 Å². The van der Waals surface area contributed by atoms with E-state index in [4.69, 9.17) is 9.15 Å². The first-order valence-electron chi connectivity index (χ1n) is 10.1. The van der Waals surface area contributed by atoms with Crippen molar-refractivity contribution in [1.82, 2.24) is 20.4 Å². The fourth-order valence-corrected chi connectivity index (χ4v) is 4.53. The number of ether oxygens (including phenoxy) is 1. The van der Waals surface area contributed by atoms with Gasteiger partial charge in [0.25, 0.3) is 5.91 Å². The zero-order chi connectivity index (χ0) is 21.8. The SMILES string of the molecule is CCOC(=O)C1=C(CN2CCN(C(=O)c3ccco3)CC2)NC(=O)NC1c1cccs1. The first-order chi connectivity index (χ1) is 15.1. The number of thiophene rings is 1. The highest BCUT2D eigenvalue weighted by atomic mass is 32.1. The minimum Gasteiger partial charge on any atom is -0.463 e. The van der Waals surface area contributed by atoms with Crippen LogP contribution in [0, 0.1) is 0 Å². The Labute approximate surface area is 183 Å². The predicted octanol–water partition coefficient (Wildman–Crippen LogP) is 1.97. The van der Waals surface area contributed by atoms with Crippen LogP contribution in [-0.4, -0.2) is 67.0 Å². The molecule has 1 unspecified atom stereocenters. The first kappa shape index (κ1) is 21.1. The summed E-state index contributed by atoms with van der Waals surface area (Å²) in [6.45, 7) is 4.66. The van der Waals surface area contributed by atoms with Gasteiger partial charge in [-0.05, 0) is 30.5 Å². The lowest BCUT2D eigenvalue weighted by Crippen LogP contribution is -2.52. The molecule has 0 saturated carbocycles. The summed E-state index contributed by atoms with van der Waals surface area (Å²) in [5.41, 5.74) is 0.949. The molecule has 0 radical (unpaired) electrons. The van der Waals surface area contributed by atoms with E-state index in [0.717, 1.165) is 4.88 Å². The number of nitrogens with one attached hydrogen (secondary N) is 2. The maximum atomic E-state index is 12.8. The Morgan fingerprint density at radius 3 is 2.68 bits per heavy atom. The molecule has 0 aliphatic carbocycles. The van der Waals surface area contributed by atoms with Gasteiger partial charge in [-0.15, -0.1) is 11.3 Å². The third-order valence-electron chi connectivity index (χ3n) is 5.25. The standard InChI is InChI=1S/C21H24N4O5S/c1-2-29-20(27)17-14(22-21(28)23-18(17)16-6-4-12-31-16)13-24-7-9-25(10-8-24)19(26)15-5-3-11-30-15/h3-6,11-12,18H,2,7-10,13H2,1H3,(H2,22,23,28). The highest BCUT2D eigenvalue weighted by Gasteiger charge is 2.35. The quantitative estimate of drug-likeness (QED) is 0.661. The molecular weight excluding hydrogens is 420 g/mol. The number of rotatable bonds is 6. The van der Waals surface area contributed by atoms with E-state index in [1.807, 2.05) is 17.5 Å². The first-order valence-corrected chi connectivity index (χ1v) is 11.0. The number of esters is 1. The Morgan fingerprint density at radius 2 is 2.03 bits per heavy atom. The van der Waals surface area contributed by atoms with E-state index < -0.39 is 12.0 Å². The van der Waals surface area contributed by atoms with E-state index in [1.54, 1.807) is 24.0 Å². The number of hydrogen-bond donors (Lipinski definition) is 2. The van der Waals surface area contributed by atoms with Crippen LogP contribution in [-0.2, 0) is 9.53 Å². The number of hydrogen-bond acceptors (Lipinski definition) is 7. The van der Waals surface area contributed by atoms with Gasteiger partial charge in [-0.25, -0.2) is 9.59 Å². The van der Waals surface area contributed by atoms with Crippen LogP contribution >= 0.6 is 11.3 Å². The van der Waals surface area contributed by atoms with Crippen molar-refractivity contribution >= 4 is 29.2 Å². The number of carbonyl (C=O) groups excluding carboxylic acids is 3. The maximum absolute atomic E-state index is 12.8. The van der Waals surface area contributed by atoms with Crippen LogP contribution in [0.5, 0.6) is 0 Å². The molecule has 4 heterocycles. The van der Waals surface area contributed by atoms with Crippen LogP contribution < -0.4 is 10.6 Å².